The number of amides is 1. The summed E-state index contributed by atoms with van der Waals surface area (Å²) in [5.41, 5.74) is 1.87. The molecule has 2 aromatic rings. The highest BCUT2D eigenvalue weighted by Gasteiger charge is 2.04. The molecule has 0 aliphatic carbocycles. The van der Waals surface area contributed by atoms with Crippen molar-refractivity contribution in [3.8, 4) is 0 Å². The standard InChI is InChI=1S/C16H15Cl2NO/c17-13-9-14(18)11-15(10-13)19-16(20)8-4-7-12-5-2-1-3-6-12/h1-3,5-6,9-11H,4,7-8H2,(H,19,20). The summed E-state index contributed by atoms with van der Waals surface area (Å²) >= 11 is 11.8. The Hall–Kier alpha value is -1.51. The first-order chi connectivity index (χ1) is 9.63. The van der Waals surface area contributed by atoms with Crippen molar-refractivity contribution in [1.29, 1.82) is 0 Å². The molecule has 2 nitrogen and oxygen atoms in total. The Balaban J connectivity index is 1.81. The summed E-state index contributed by atoms with van der Waals surface area (Å²) in [5.74, 6) is -0.0285. The topological polar surface area (TPSA) is 29.1 Å². The summed E-state index contributed by atoms with van der Waals surface area (Å²) in [7, 11) is 0. The van der Waals surface area contributed by atoms with Gasteiger partial charge in [-0.15, -0.1) is 0 Å². The molecule has 104 valence electrons. The van der Waals surface area contributed by atoms with Crippen LogP contribution in [0.25, 0.3) is 0 Å². The molecule has 0 spiro atoms. The molecule has 0 saturated carbocycles. The predicted molar refractivity (Wildman–Crippen MR) is 84.5 cm³/mol. The van der Waals surface area contributed by atoms with Gasteiger partial charge in [0.1, 0.15) is 0 Å². The first kappa shape index (κ1) is 14.9. The first-order valence-corrected chi connectivity index (χ1v) is 7.19. The fourth-order valence-corrected chi connectivity index (χ4v) is 2.47. The summed E-state index contributed by atoms with van der Waals surface area (Å²) in [6.07, 6.45) is 2.17. The molecular weight excluding hydrogens is 293 g/mol. The third kappa shape index (κ3) is 4.87. The van der Waals surface area contributed by atoms with Crippen molar-refractivity contribution in [3.63, 3.8) is 0 Å². The number of carbonyl (C=O) groups excluding carboxylic acids is 1. The molecule has 0 unspecified atom stereocenters. The summed E-state index contributed by atoms with van der Waals surface area (Å²) in [5, 5.41) is 3.82. The van der Waals surface area contributed by atoms with E-state index in [1.807, 2.05) is 18.2 Å². The molecule has 4 heteroatoms. The van der Waals surface area contributed by atoms with Crippen LogP contribution < -0.4 is 5.32 Å². The quantitative estimate of drug-likeness (QED) is 0.831. The number of benzene rings is 2. The molecule has 0 saturated heterocycles. The van der Waals surface area contributed by atoms with Crippen molar-refractivity contribution >= 4 is 34.8 Å². The van der Waals surface area contributed by atoms with Crippen LogP contribution in [0, 0.1) is 0 Å². The van der Waals surface area contributed by atoms with Gasteiger partial charge in [0, 0.05) is 22.2 Å². The SMILES string of the molecule is O=C(CCCc1ccccc1)Nc1cc(Cl)cc(Cl)c1. The molecule has 1 N–H and O–H groups in total. The molecule has 0 fully saturated rings. The van der Waals surface area contributed by atoms with Gasteiger partial charge < -0.3 is 5.32 Å². The molecule has 0 radical (unpaired) electrons. The van der Waals surface area contributed by atoms with Crippen LogP contribution in [0.2, 0.25) is 10.0 Å². The highest BCUT2D eigenvalue weighted by atomic mass is 35.5. The molecule has 2 rings (SSSR count). The van der Waals surface area contributed by atoms with Crippen LogP contribution in [0.3, 0.4) is 0 Å². The van der Waals surface area contributed by atoms with Gasteiger partial charge in [-0.05, 0) is 36.6 Å². The summed E-state index contributed by atoms with van der Waals surface area (Å²) in [6.45, 7) is 0. The van der Waals surface area contributed by atoms with Crippen molar-refractivity contribution in [2.45, 2.75) is 19.3 Å². The molecule has 0 atom stereocenters. The number of aryl methyl sites for hydroxylation is 1. The van der Waals surface area contributed by atoms with Crippen LogP contribution in [0.15, 0.2) is 48.5 Å². The number of anilines is 1. The van der Waals surface area contributed by atoms with E-state index in [0.717, 1.165) is 12.8 Å². The third-order valence-electron chi connectivity index (χ3n) is 2.86. The van der Waals surface area contributed by atoms with E-state index in [-0.39, 0.29) is 5.91 Å². The van der Waals surface area contributed by atoms with E-state index in [1.54, 1.807) is 18.2 Å². The third-order valence-corrected chi connectivity index (χ3v) is 3.29. The van der Waals surface area contributed by atoms with Gasteiger partial charge in [0.2, 0.25) is 5.91 Å². The summed E-state index contributed by atoms with van der Waals surface area (Å²) in [6, 6.07) is 15.1. The Morgan fingerprint density at radius 1 is 1.00 bits per heavy atom. The monoisotopic (exact) mass is 307 g/mol. The predicted octanol–water partition coefficient (Wildman–Crippen LogP) is 4.95. The van der Waals surface area contributed by atoms with Crippen LogP contribution >= 0.6 is 23.2 Å². The number of hydrogen-bond donors (Lipinski definition) is 1. The first-order valence-electron chi connectivity index (χ1n) is 6.43. The second-order valence-electron chi connectivity index (χ2n) is 4.55. The molecule has 0 aromatic heterocycles. The van der Waals surface area contributed by atoms with Crippen LogP contribution in [0.5, 0.6) is 0 Å². The number of halogens is 2. The number of nitrogens with one attached hydrogen (secondary N) is 1. The molecule has 0 bridgehead atoms. The van der Waals surface area contributed by atoms with E-state index < -0.39 is 0 Å². The smallest absolute Gasteiger partial charge is 0.224 e. The second kappa shape index (κ2) is 7.32. The Kier molecular flexibility index (Phi) is 5.45. The fourth-order valence-electron chi connectivity index (χ4n) is 1.95. The van der Waals surface area contributed by atoms with E-state index in [1.165, 1.54) is 5.56 Å². The van der Waals surface area contributed by atoms with Gasteiger partial charge in [0.05, 0.1) is 0 Å². The van der Waals surface area contributed by atoms with Crippen molar-refractivity contribution in [2.24, 2.45) is 0 Å². The van der Waals surface area contributed by atoms with Crippen LogP contribution in [-0.4, -0.2) is 5.91 Å². The molecular formula is C16H15Cl2NO. The average molecular weight is 308 g/mol. The van der Waals surface area contributed by atoms with Crippen LogP contribution in [0.4, 0.5) is 5.69 Å². The van der Waals surface area contributed by atoms with Gasteiger partial charge >= 0.3 is 0 Å². The lowest BCUT2D eigenvalue weighted by Crippen LogP contribution is -2.11. The summed E-state index contributed by atoms with van der Waals surface area (Å²) in [4.78, 5) is 11.8. The molecule has 0 aliphatic rings. The fraction of sp³-hybridized carbons (Fsp3) is 0.188. The molecule has 0 heterocycles. The zero-order valence-electron chi connectivity index (χ0n) is 10.9. The van der Waals surface area contributed by atoms with Gasteiger partial charge in [0.15, 0.2) is 0 Å². The second-order valence-corrected chi connectivity index (χ2v) is 5.42. The maximum atomic E-state index is 11.8. The molecule has 1 amide bonds. The van der Waals surface area contributed by atoms with Gasteiger partial charge in [-0.2, -0.15) is 0 Å². The minimum absolute atomic E-state index is 0.0285. The van der Waals surface area contributed by atoms with E-state index >= 15 is 0 Å². The molecule has 2 aromatic carbocycles. The molecule has 0 aliphatic heterocycles. The van der Waals surface area contributed by atoms with Gasteiger partial charge in [-0.1, -0.05) is 53.5 Å². The maximum Gasteiger partial charge on any atom is 0.224 e. The number of rotatable bonds is 5. The zero-order chi connectivity index (χ0) is 14.4. The normalized spacial score (nSPS) is 10.3. The zero-order valence-corrected chi connectivity index (χ0v) is 12.4. The van der Waals surface area contributed by atoms with Crippen LogP contribution in [0.1, 0.15) is 18.4 Å². The Bertz CT molecular complexity index is 564. The average Bonchev–Trinajstić information content (AvgIpc) is 2.38. The lowest BCUT2D eigenvalue weighted by Gasteiger charge is -2.06. The highest BCUT2D eigenvalue weighted by Crippen LogP contribution is 2.22. The van der Waals surface area contributed by atoms with Gasteiger partial charge in [0.25, 0.3) is 0 Å². The lowest BCUT2D eigenvalue weighted by molar-refractivity contribution is -0.116. The van der Waals surface area contributed by atoms with Crippen molar-refractivity contribution in [1.82, 2.24) is 0 Å². The molecule has 20 heavy (non-hydrogen) atoms. The van der Waals surface area contributed by atoms with Gasteiger partial charge in [-0.3, -0.25) is 4.79 Å². The number of hydrogen-bond acceptors (Lipinski definition) is 1. The lowest BCUT2D eigenvalue weighted by atomic mass is 10.1. The van der Waals surface area contributed by atoms with Crippen molar-refractivity contribution in [3.05, 3.63) is 64.1 Å². The van der Waals surface area contributed by atoms with E-state index in [0.29, 0.717) is 22.2 Å². The van der Waals surface area contributed by atoms with E-state index in [2.05, 4.69) is 17.4 Å². The maximum absolute atomic E-state index is 11.8. The van der Waals surface area contributed by atoms with Crippen molar-refractivity contribution in [2.75, 3.05) is 5.32 Å². The largest absolute Gasteiger partial charge is 0.326 e. The van der Waals surface area contributed by atoms with E-state index in [4.69, 9.17) is 23.2 Å². The number of carbonyl (C=O) groups is 1. The minimum Gasteiger partial charge on any atom is -0.326 e. The van der Waals surface area contributed by atoms with Crippen LogP contribution in [-0.2, 0) is 11.2 Å². The highest BCUT2D eigenvalue weighted by molar-refractivity contribution is 6.35. The van der Waals surface area contributed by atoms with Crippen molar-refractivity contribution < 1.29 is 4.79 Å². The van der Waals surface area contributed by atoms with E-state index in [9.17, 15) is 4.79 Å². The minimum atomic E-state index is -0.0285. The van der Waals surface area contributed by atoms with Gasteiger partial charge in [-0.25, -0.2) is 0 Å². The summed E-state index contributed by atoms with van der Waals surface area (Å²) < 4.78 is 0. The Morgan fingerprint density at radius 3 is 2.30 bits per heavy atom. The Morgan fingerprint density at radius 2 is 1.65 bits per heavy atom. The Labute approximate surface area is 128 Å².